The van der Waals surface area contributed by atoms with Gasteiger partial charge in [-0.2, -0.15) is 0 Å². The van der Waals surface area contributed by atoms with Crippen LogP contribution < -0.4 is 11.5 Å². The van der Waals surface area contributed by atoms with Gasteiger partial charge in [0.25, 0.3) is 0 Å². The zero-order chi connectivity index (χ0) is 9.14. The van der Waals surface area contributed by atoms with Crippen LogP contribution in [0, 0.1) is 0 Å². The first-order valence-electron chi connectivity index (χ1n) is 3.59. The molecule has 0 aliphatic heterocycles. The third kappa shape index (κ3) is 1.97. The van der Waals surface area contributed by atoms with Crippen LogP contribution in [0.25, 0.3) is 0 Å². The lowest BCUT2D eigenvalue weighted by atomic mass is 10.1. The first-order valence-corrected chi connectivity index (χ1v) is 4.38. The van der Waals surface area contributed by atoms with Crippen LogP contribution in [0.3, 0.4) is 0 Å². The van der Waals surface area contributed by atoms with Crippen molar-refractivity contribution in [3.05, 3.63) is 28.2 Å². The molecule has 1 aromatic rings. The summed E-state index contributed by atoms with van der Waals surface area (Å²) in [5.74, 6) is 0.191. The van der Waals surface area contributed by atoms with Gasteiger partial charge in [0, 0.05) is 22.6 Å². The van der Waals surface area contributed by atoms with Gasteiger partial charge in [0.15, 0.2) is 0 Å². The maximum absolute atomic E-state index is 9.38. The van der Waals surface area contributed by atoms with E-state index in [0.29, 0.717) is 12.1 Å². The van der Waals surface area contributed by atoms with Crippen molar-refractivity contribution in [3.63, 3.8) is 0 Å². The van der Waals surface area contributed by atoms with E-state index in [4.69, 9.17) is 11.5 Å². The minimum Gasteiger partial charge on any atom is -0.508 e. The molecule has 0 amide bonds. The minimum absolute atomic E-state index is 0.191. The molecule has 0 unspecified atom stereocenters. The summed E-state index contributed by atoms with van der Waals surface area (Å²) in [6.45, 7) is 0.323. The van der Waals surface area contributed by atoms with Gasteiger partial charge in [-0.15, -0.1) is 0 Å². The van der Waals surface area contributed by atoms with E-state index in [1.54, 1.807) is 18.2 Å². The highest BCUT2D eigenvalue weighted by Crippen LogP contribution is 2.25. The van der Waals surface area contributed by atoms with Crippen molar-refractivity contribution in [3.8, 4) is 5.75 Å². The number of nitrogens with two attached hydrogens (primary N) is 2. The Balaban J connectivity index is 3.04. The van der Waals surface area contributed by atoms with Gasteiger partial charge in [0.2, 0.25) is 0 Å². The summed E-state index contributed by atoms with van der Waals surface area (Å²) in [4.78, 5) is 0. The molecular formula is C8H11BrN2O. The molecule has 1 rings (SSSR count). The van der Waals surface area contributed by atoms with Crippen LogP contribution in [0.5, 0.6) is 5.75 Å². The molecule has 0 bridgehead atoms. The van der Waals surface area contributed by atoms with Gasteiger partial charge >= 0.3 is 0 Å². The fourth-order valence-corrected chi connectivity index (χ4v) is 1.33. The topological polar surface area (TPSA) is 72.3 Å². The zero-order valence-corrected chi connectivity index (χ0v) is 8.08. The molecule has 0 spiro atoms. The number of hydrogen-bond acceptors (Lipinski definition) is 3. The SMILES string of the molecule is NC[C@H](N)c1cc(Br)ccc1O. The van der Waals surface area contributed by atoms with Gasteiger partial charge in [0.05, 0.1) is 0 Å². The second kappa shape index (κ2) is 3.89. The van der Waals surface area contributed by atoms with E-state index in [1.165, 1.54) is 0 Å². The van der Waals surface area contributed by atoms with Gasteiger partial charge in [-0.25, -0.2) is 0 Å². The predicted octanol–water partition coefficient (Wildman–Crippen LogP) is 1.11. The van der Waals surface area contributed by atoms with E-state index in [9.17, 15) is 5.11 Å². The number of phenols is 1. The van der Waals surface area contributed by atoms with Crippen LogP contribution in [-0.4, -0.2) is 11.7 Å². The smallest absolute Gasteiger partial charge is 0.120 e. The fourth-order valence-electron chi connectivity index (χ4n) is 0.949. The zero-order valence-electron chi connectivity index (χ0n) is 6.50. The predicted molar refractivity (Wildman–Crippen MR) is 51.8 cm³/mol. The first kappa shape index (κ1) is 9.51. The Bertz CT molecular complexity index is 278. The van der Waals surface area contributed by atoms with Crippen molar-refractivity contribution in [1.82, 2.24) is 0 Å². The van der Waals surface area contributed by atoms with Gasteiger partial charge in [-0.05, 0) is 18.2 Å². The number of hydrogen-bond donors (Lipinski definition) is 3. The molecule has 1 aromatic carbocycles. The molecule has 5 N–H and O–H groups in total. The molecule has 0 saturated carbocycles. The summed E-state index contributed by atoms with van der Waals surface area (Å²) in [6, 6.07) is 4.81. The van der Waals surface area contributed by atoms with Gasteiger partial charge in [-0.3, -0.25) is 0 Å². The van der Waals surface area contributed by atoms with Crippen molar-refractivity contribution < 1.29 is 5.11 Å². The Morgan fingerprint density at radius 1 is 1.50 bits per heavy atom. The van der Waals surface area contributed by atoms with Gasteiger partial charge in [-0.1, -0.05) is 15.9 Å². The largest absolute Gasteiger partial charge is 0.508 e. The first-order chi connectivity index (χ1) is 5.65. The highest BCUT2D eigenvalue weighted by atomic mass is 79.9. The van der Waals surface area contributed by atoms with Crippen molar-refractivity contribution in [2.45, 2.75) is 6.04 Å². The molecule has 0 saturated heterocycles. The number of aromatic hydroxyl groups is 1. The standard InChI is InChI=1S/C8H11BrN2O/c9-5-1-2-8(12)6(3-5)7(11)4-10/h1-3,7,12H,4,10-11H2/t7-/m0/s1. The van der Waals surface area contributed by atoms with Crippen molar-refractivity contribution in [1.29, 1.82) is 0 Å². The fraction of sp³-hybridized carbons (Fsp3) is 0.250. The second-order valence-electron chi connectivity index (χ2n) is 2.55. The van der Waals surface area contributed by atoms with Crippen LogP contribution in [0.4, 0.5) is 0 Å². The van der Waals surface area contributed by atoms with E-state index >= 15 is 0 Å². The quantitative estimate of drug-likeness (QED) is 0.713. The Kier molecular flexibility index (Phi) is 3.08. The molecule has 4 heteroatoms. The van der Waals surface area contributed by atoms with Gasteiger partial charge < -0.3 is 16.6 Å². The molecule has 12 heavy (non-hydrogen) atoms. The Hall–Kier alpha value is -0.580. The third-order valence-corrected chi connectivity index (χ3v) is 2.14. The number of phenolic OH excluding ortho intramolecular Hbond substituents is 1. The average molecular weight is 231 g/mol. The lowest BCUT2D eigenvalue weighted by Gasteiger charge is -2.10. The maximum Gasteiger partial charge on any atom is 0.120 e. The maximum atomic E-state index is 9.38. The van der Waals surface area contributed by atoms with Crippen molar-refractivity contribution in [2.24, 2.45) is 11.5 Å². The molecule has 0 radical (unpaired) electrons. The Labute approximate surface area is 79.5 Å². The van der Waals surface area contributed by atoms with Crippen LogP contribution >= 0.6 is 15.9 Å². The molecule has 3 nitrogen and oxygen atoms in total. The summed E-state index contributed by atoms with van der Waals surface area (Å²) in [6.07, 6.45) is 0. The van der Waals surface area contributed by atoms with Crippen molar-refractivity contribution >= 4 is 15.9 Å². The summed E-state index contributed by atoms with van der Waals surface area (Å²) in [5, 5.41) is 9.38. The van der Waals surface area contributed by atoms with E-state index in [0.717, 1.165) is 4.47 Å². The molecule has 0 aliphatic carbocycles. The summed E-state index contributed by atoms with van der Waals surface area (Å²) in [7, 11) is 0. The van der Waals surface area contributed by atoms with E-state index in [-0.39, 0.29) is 11.8 Å². The van der Waals surface area contributed by atoms with Crippen LogP contribution in [0.15, 0.2) is 22.7 Å². The summed E-state index contributed by atoms with van der Waals surface area (Å²) in [5.41, 5.74) is 11.7. The molecule has 0 heterocycles. The minimum atomic E-state index is -0.303. The Morgan fingerprint density at radius 3 is 2.75 bits per heavy atom. The third-order valence-electron chi connectivity index (χ3n) is 1.64. The molecule has 66 valence electrons. The second-order valence-corrected chi connectivity index (χ2v) is 3.46. The lowest BCUT2D eigenvalue weighted by Crippen LogP contribution is -2.20. The number of halogens is 1. The molecule has 0 aromatic heterocycles. The highest BCUT2D eigenvalue weighted by molar-refractivity contribution is 9.10. The summed E-state index contributed by atoms with van der Waals surface area (Å²) < 4.78 is 0.888. The lowest BCUT2D eigenvalue weighted by molar-refractivity contribution is 0.462. The highest BCUT2D eigenvalue weighted by Gasteiger charge is 2.08. The number of rotatable bonds is 2. The van der Waals surface area contributed by atoms with Crippen LogP contribution in [0.1, 0.15) is 11.6 Å². The summed E-state index contributed by atoms with van der Waals surface area (Å²) >= 11 is 3.29. The molecule has 1 atom stereocenters. The van der Waals surface area contributed by atoms with E-state index in [2.05, 4.69) is 15.9 Å². The number of benzene rings is 1. The van der Waals surface area contributed by atoms with E-state index in [1.807, 2.05) is 0 Å². The van der Waals surface area contributed by atoms with Crippen molar-refractivity contribution in [2.75, 3.05) is 6.54 Å². The van der Waals surface area contributed by atoms with Gasteiger partial charge in [0.1, 0.15) is 5.75 Å². The molecular weight excluding hydrogens is 220 g/mol. The molecule has 0 aliphatic rings. The molecule has 0 fully saturated rings. The van der Waals surface area contributed by atoms with Crippen LogP contribution in [-0.2, 0) is 0 Å². The Morgan fingerprint density at radius 2 is 2.17 bits per heavy atom. The average Bonchev–Trinajstić information content (AvgIpc) is 2.08. The normalized spacial score (nSPS) is 12.9. The van der Waals surface area contributed by atoms with E-state index < -0.39 is 0 Å². The monoisotopic (exact) mass is 230 g/mol. The van der Waals surface area contributed by atoms with Crippen LogP contribution in [0.2, 0.25) is 0 Å².